The van der Waals surface area contributed by atoms with Gasteiger partial charge in [-0.2, -0.15) is 13.5 Å². The summed E-state index contributed by atoms with van der Waals surface area (Å²) in [5, 5.41) is 8.22. The Balaban J connectivity index is 0.000000376. The number of para-hydroxylation sites is 1. The van der Waals surface area contributed by atoms with E-state index >= 15 is 0 Å². The maximum Gasteiger partial charge on any atom is 0.261 e. The lowest BCUT2D eigenvalue weighted by atomic mass is 10.0. The topological polar surface area (TPSA) is 84.2 Å². The lowest BCUT2D eigenvalue weighted by molar-refractivity contribution is 0.490. The van der Waals surface area contributed by atoms with Gasteiger partial charge < -0.3 is 5.32 Å². The molecule has 0 spiro atoms. The van der Waals surface area contributed by atoms with E-state index in [1.54, 1.807) is 12.1 Å². The van der Waals surface area contributed by atoms with Gasteiger partial charge in [-0.05, 0) is 36.4 Å². The molecule has 0 radical (unpaired) electrons. The van der Waals surface area contributed by atoms with Gasteiger partial charge in [-0.3, -0.25) is 4.55 Å². The summed E-state index contributed by atoms with van der Waals surface area (Å²) in [6.07, 6.45) is 1.66. The van der Waals surface area contributed by atoms with Gasteiger partial charge in [0.05, 0.1) is 23.3 Å². The third kappa shape index (κ3) is 5.00. The average Bonchev–Trinajstić information content (AvgIpc) is 3.02. The summed E-state index contributed by atoms with van der Waals surface area (Å²) < 4.78 is 41.1. The molecule has 0 fully saturated rings. The first-order chi connectivity index (χ1) is 12.8. The van der Waals surface area contributed by atoms with Crippen molar-refractivity contribution in [3.63, 3.8) is 0 Å². The summed E-state index contributed by atoms with van der Waals surface area (Å²) in [4.78, 5) is 0. The van der Waals surface area contributed by atoms with Crippen molar-refractivity contribution < 1.29 is 17.4 Å². The normalized spacial score (nSPS) is 13.4. The monoisotopic (exact) mass is 389 g/mol. The first-order valence-corrected chi connectivity index (χ1v) is 10.2. The summed E-state index contributed by atoms with van der Waals surface area (Å²) in [5.74, 6) is -0.224. The summed E-state index contributed by atoms with van der Waals surface area (Å²) in [7, 11) is -3.67. The zero-order valence-corrected chi connectivity index (χ0v) is 15.6. The van der Waals surface area contributed by atoms with E-state index in [4.69, 9.17) is 9.65 Å². The highest BCUT2D eigenvalue weighted by Crippen LogP contribution is 2.29. The van der Waals surface area contributed by atoms with Crippen LogP contribution in [0, 0.1) is 5.82 Å². The molecule has 3 aromatic rings. The highest BCUT2D eigenvalue weighted by atomic mass is 32.2. The van der Waals surface area contributed by atoms with Crippen LogP contribution in [0.4, 0.5) is 4.39 Å². The highest BCUT2D eigenvalue weighted by Gasteiger charge is 2.22. The molecular weight excluding hydrogens is 369 g/mol. The molecule has 0 unspecified atom stereocenters. The van der Waals surface area contributed by atoms with Crippen molar-refractivity contribution in [3.8, 4) is 16.9 Å². The number of rotatable bonds is 2. The number of halogens is 1. The van der Waals surface area contributed by atoms with E-state index in [1.807, 2.05) is 22.9 Å². The predicted octanol–water partition coefficient (Wildman–Crippen LogP) is 2.83. The molecule has 2 heterocycles. The van der Waals surface area contributed by atoms with Gasteiger partial charge >= 0.3 is 0 Å². The molecule has 0 saturated carbocycles. The minimum atomic E-state index is -3.67. The zero-order chi connectivity index (χ0) is 19.4. The van der Waals surface area contributed by atoms with Crippen molar-refractivity contribution in [1.29, 1.82) is 0 Å². The number of aromatic nitrogens is 2. The smallest absolute Gasteiger partial charge is 0.261 e. The van der Waals surface area contributed by atoms with Crippen LogP contribution in [0.3, 0.4) is 0 Å². The zero-order valence-electron chi connectivity index (χ0n) is 14.8. The largest absolute Gasteiger partial charge is 0.312 e. The minimum absolute atomic E-state index is 0.224. The van der Waals surface area contributed by atoms with Gasteiger partial charge in [-0.15, -0.1) is 0 Å². The van der Waals surface area contributed by atoms with Crippen LogP contribution < -0.4 is 5.32 Å². The third-order valence-corrected chi connectivity index (χ3v) is 4.05. The molecule has 1 aliphatic heterocycles. The number of benzene rings is 2. The Morgan fingerprint density at radius 1 is 1.11 bits per heavy atom. The van der Waals surface area contributed by atoms with E-state index in [1.165, 1.54) is 23.4 Å². The molecule has 0 amide bonds. The fourth-order valence-electron chi connectivity index (χ4n) is 2.97. The van der Waals surface area contributed by atoms with E-state index in [-0.39, 0.29) is 5.82 Å². The second-order valence-electron chi connectivity index (χ2n) is 6.19. The second-order valence-corrected chi connectivity index (χ2v) is 7.65. The highest BCUT2D eigenvalue weighted by molar-refractivity contribution is 7.85. The summed E-state index contributed by atoms with van der Waals surface area (Å²) in [6, 6.07) is 16.7. The number of hydrogen-bond acceptors (Lipinski definition) is 4. The number of hydrogen-bond donors (Lipinski definition) is 2. The standard InChI is InChI=1S/C18H16FN3.CH4O3S/c19-14-8-6-13(7-9-14)18-16-12-20-11-10-17(16)22(21-18)15-4-2-1-3-5-15;1-5(2,3)4/h1-9,20H,10-12H2;1H3,(H,2,3,4). The van der Waals surface area contributed by atoms with Crippen molar-refractivity contribution in [3.05, 3.63) is 71.7 Å². The van der Waals surface area contributed by atoms with E-state index in [0.29, 0.717) is 6.26 Å². The summed E-state index contributed by atoms with van der Waals surface area (Å²) in [6.45, 7) is 1.75. The van der Waals surface area contributed by atoms with Gasteiger partial charge in [0, 0.05) is 30.6 Å². The maximum atomic E-state index is 13.2. The summed E-state index contributed by atoms with van der Waals surface area (Å²) >= 11 is 0. The molecule has 1 aromatic heterocycles. The van der Waals surface area contributed by atoms with Crippen LogP contribution >= 0.6 is 0 Å². The van der Waals surface area contributed by atoms with Gasteiger partial charge in [0.15, 0.2) is 0 Å². The van der Waals surface area contributed by atoms with Crippen LogP contribution in [0.2, 0.25) is 0 Å². The molecule has 142 valence electrons. The predicted molar refractivity (Wildman–Crippen MR) is 102 cm³/mol. The third-order valence-electron chi connectivity index (χ3n) is 4.05. The quantitative estimate of drug-likeness (QED) is 0.659. The van der Waals surface area contributed by atoms with Crippen LogP contribution in [-0.2, 0) is 23.1 Å². The van der Waals surface area contributed by atoms with Crippen molar-refractivity contribution in [2.75, 3.05) is 12.8 Å². The second kappa shape index (κ2) is 7.99. The van der Waals surface area contributed by atoms with Crippen molar-refractivity contribution in [1.82, 2.24) is 15.1 Å². The Labute approximate surface area is 157 Å². The molecule has 6 nitrogen and oxygen atoms in total. The molecule has 0 saturated heterocycles. The Morgan fingerprint density at radius 3 is 2.37 bits per heavy atom. The molecule has 4 rings (SSSR count). The van der Waals surface area contributed by atoms with Gasteiger partial charge in [-0.1, -0.05) is 18.2 Å². The van der Waals surface area contributed by atoms with E-state index in [9.17, 15) is 12.8 Å². The molecule has 27 heavy (non-hydrogen) atoms. The molecule has 2 N–H and O–H groups in total. The molecule has 8 heteroatoms. The van der Waals surface area contributed by atoms with Crippen molar-refractivity contribution in [2.24, 2.45) is 0 Å². The molecule has 2 aromatic carbocycles. The lowest BCUT2D eigenvalue weighted by Crippen LogP contribution is -2.24. The van der Waals surface area contributed by atoms with E-state index in [0.717, 1.165) is 36.5 Å². The molecule has 0 aliphatic carbocycles. The number of fused-ring (bicyclic) bond motifs is 1. The van der Waals surface area contributed by atoms with Crippen LogP contribution in [0.5, 0.6) is 0 Å². The Morgan fingerprint density at radius 2 is 1.74 bits per heavy atom. The fourth-order valence-corrected chi connectivity index (χ4v) is 2.97. The van der Waals surface area contributed by atoms with Gasteiger partial charge in [0.1, 0.15) is 5.82 Å². The van der Waals surface area contributed by atoms with Crippen LogP contribution in [0.1, 0.15) is 11.3 Å². The first-order valence-electron chi connectivity index (χ1n) is 8.38. The fraction of sp³-hybridized carbons (Fsp3) is 0.211. The first kappa shape index (κ1) is 19.2. The van der Waals surface area contributed by atoms with Gasteiger partial charge in [0.2, 0.25) is 0 Å². The number of nitrogens with zero attached hydrogens (tertiary/aromatic N) is 2. The SMILES string of the molecule is CS(=O)(=O)O.Fc1ccc(-c2nn(-c3ccccc3)c3c2CNCC3)cc1. The molecule has 1 aliphatic rings. The molecular formula is C19H20FN3O3S. The van der Waals surface area contributed by atoms with Gasteiger partial charge in [0.25, 0.3) is 10.1 Å². The van der Waals surface area contributed by atoms with Crippen LogP contribution in [0.15, 0.2) is 54.6 Å². The van der Waals surface area contributed by atoms with Crippen molar-refractivity contribution >= 4 is 10.1 Å². The molecule has 0 bridgehead atoms. The Bertz CT molecular complexity index is 1010. The van der Waals surface area contributed by atoms with E-state index < -0.39 is 10.1 Å². The average molecular weight is 389 g/mol. The Hall–Kier alpha value is -2.55. The van der Waals surface area contributed by atoms with Crippen molar-refractivity contribution in [2.45, 2.75) is 13.0 Å². The summed E-state index contributed by atoms with van der Waals surface area (Å²) in [5.41, 5.74) is 5.40. The minimum Gasteiger partial charge on any atom is -0.312 e. The van der Waals surface area contributed by atoms with Crippen LogP contribution in [-0.4, -0.2) is 35.6 Å². The maximum absolute atomic E-state index is 13.2. The Kier molecular flexibility index (Phi) is 5.69. The lowest BCUT2D eigenvalue weighted by Gasteiger charge is -2.15. The van der Waals surface area contributed by atoms with Crippen LogP contribution in [0.25, 0.3) is 16.9 Å². The number of nitrogens with one attached hydrogen (secondary N) is 1. The van der Waals surface area contributed by atoms with Gasteiger partial charge in [-0.25, -0.2) is 9.07 Å². The molecule has 0 atom stereocenters. The van der Waals surface area contributed by atoms with E-state index in [2.05, 4.69) is 17.4 Å².